The highest BCUT2D eigenvalue weighted by atomic mass is 32.2. The number of rotatable bonds is 5. The Hall–Kier alpha value is -1.67. The number of halogens is 3. The molecule has 0 spiro atoms. The average Bonchev–Trinajstić information content (AvgIpc) is 2.85. The fraction of sp³-hybridized carbons (Fsp3) is 0.500. The highest BCUT2D eigenvalue weighted by Crippen LogP contribution is 2.21. The van der Waals surface area contributed by atoms with Gasteiger partial charge in [-0.1, -0.05) is 5.21 Å². The van der Waals surface area contributed by atoms with Crippen LogP contribution in [0.2, 0.25) is 0 Å². The minimum Gasteiger partial charge on any atom is -0.245 e. The van der Waals surface area contributed by atoms with Crippen LogP contribution in [0.15, 0.2) is 16.1 Å². The van der Waals surface area contributed by atoms with E-state index in [0.717, 1.165) is 17.8 Å². The molecule has 0 bridgehead atoms. The Labute approximate surface area is 125 Å². The highest BCUT2D eigenvalue weighted by molar-refractivity contribution is 7.98. The van der Waals surface area contributed by atoms with Gasteiger partial charge in [-0.2, -0.15) is 17.9 Å². The Morgan fingerprint density at radius 1 is 1.41 bits per heavy atom. The summed E-state index contributed by atoms with van der Waals surface area (Å²) in [5.74, 6) is -1.53. The van der Waals surface area contributed by atoms with E-state index in [2.05, 4.69) is 15.3 Å². The minimum absolute atomic E-state index is 0.309. The maximum absolute atomic E-state index is 12.1. The lowest BCUT2D eigenvalue weighted by Crippen LogP contribution is -2.30. The van der Waals surface area contributed by atoms with Gasteiger partial charge in [0.25, 0.3) is 10.0 Å². The van der Waals surface area contributed by atoms with Crippen LogP contribution in [-0.4, -0.2) is 51.8 Å². The van der Waals surface area contributed by atoms with E-state index in [1.54, 1.807) is 0 Å². The lowest BCUT2D eigenvalue weighted by Gasteiger charge is -2.06. The van der Waals surface area contributed by atoms with Gasteiger partial charge >= 0.3 is 11.9 Å². The average molecular weight is 358 g/mol. The molecule has 122 valence electrons. The van der Waals surface area contributed by atoms with E-state index in [4.69, 9.17) is 0 Å². The van der Waals surface area contributed by atoms with Gasteiger partial charge < -0.3 is 0 Å². The number of nitrogens with one attached hydrogen (secondary N) is 1. The maximum atomic E-state index is 12.1. The van der Waals surface area contributed by atoms with Crippen LogP contribution in [0.25, 0.3) is 5.65 Å². The van der Waals surface area contributed by atoms with E-state index >= 15 is 0 Å². The summed E-state index contributed by atoms with van der Waals surface area (Å²) >= 11 is 0.424. The second-order valence-electron chi connectivity index (χ2n) is 3.92. The summed E-state index contributed by atoms with van der Waals surface area (Å²) in [4.78, 5) is 15.6. The van der Waals surface area contributed by atoms with Crippen LogP contribution < -0.4 is 10.4 Å². The number of aromatic nitrogens is 5. The largest absolute Gasteiger partial charge is 0.397 e. The third-order valence-electron chi connectivity index (χ3n) is 2.39. The number of nitrogens with zero attached hydrogens (tertiary/aromatic N) is 5. The molecule has 0 unspecified atom stereocenters. The van der Waals surface area contributed by atoms with Crippen LogP contribution in [0.5, 0.6) is 0 Å². The fourth-order valence-electron chi connectivity index (χ4n) is 1.43. The molecule has 14 heteroatoms. The molecule has 2 aromatic rings. The van der Waals surface area contributed by atoms with Gasteiger partial charge in [-0.15, -0.1) is 16.9 Å². The van der Waals surface area contributed by atoms with E-state index < -0.39 is 32.7 Å². The van der Waals surface area contributed by atoms with Crippen LogP contribution in [0.3, 0.4) is 0 Å². The molecule has 2 heterocycles. The lowest BCUT2D eigenvalue weighted by molar-refractivity contribution is -0.105. The SMILES string of the molecule is CNS(=O)(=O)c1ncn2c(=O)n(CSCC(F)(F)F)nnc12. The number of imidazole rings is 1. The number of thioether (sulfide) groups is 1. The molecule has 0 aliphatic carbocycles. The first-order chi connectivity index (χ1) is 10.2. The molecule has 1 N–H and O–H groups in total. The Balaban J connectivity index is 2.35. The number of hydrogen-bond acceptors (Lipinski definition) is 7. The van der Waals surface area contributed by atoms with Gasteiger partial charge in [-0.3, -0.25) is 0 Å². The molecule has 0 atom stereocenters. The molecule has 2 aromatic heterocycles. The first kappa shape index (κ1) is 16.7. The zero-order valence-corrected chi connectivity index (χ0v) is 12.5. The predicted molar refractivity (Wildman–Crippen MR) is 69.8 cm³/mol. The van der Waals surface area contributed by atoms with Crippen LogP contribution in [-0.2, 0) is 15.9 Å². The normalized spacial score (nSPS) is 12.9. The van der Waals surface area contributed by atoms with Crippen molar-refractivity contribution in [2.75, 3.05) is 12.8 Å². The van der Waals surface area contributed by atoms with Crippen LogP contribution >= 0.6 is 11.8 Å². The summed E-state index contributed by atoms with van der Waals surface area (Å²) in [6.45, 7) is 0. The van der Waals surface area contributed by atoms with Crippen LogP contribution in [0, 0.1) is 0 Å². The van der Waals surface area contributed by atoms with Gasteiger partial charge in [-0.25, -0.2) is 27.3 Å². The lowest BCUT2D eigenvalue weighted by atomic mass is 10.8. The quantitative estimate of drug-likeness (QED) is 0.763. The van der Waals surface area contributed by atoms with Gasteiger partial charge in [0.05, 0.1) is 11.6 Å². The molecule has 0 saturated heterocycles. The number of hydrogen-bond donors (Lipinski definition) is 1. The summed E-state index contributed by atoms with van der Waals surface area (Å²) < 4.78 is 63.0. The maximum Gasteiger partial charge on any atom is 0.397 e. The topological polar surface area (TPSA) is 111 Å². The van der Waals surface area contributed by atoms with Gasteiger partial charge in [0, 0.05) is 0 Å². The Morgan fingerprint density at radius 3 is 2.68 bits per heavy atom. The number of fused-ring (bicyclic) bond motifs is 1. The van der Waals surface area contributed by atoms with Crippen molar-refractivity contribution < 1.29 is 21.6 Å². The molecule has 0 saturated carbocycles. The molecule has 0 fully saturated rings. The third kappa shape index (κ3) is 3.38. The number of sulfonamides is 1. The van der Waals surface area contributed by atoms with E-state index in [-0.39, 0.29) is 11.5 Å². The van der Waals surface area contributed by atoms with E-state index in [0.29, 0.717) is 16.4 Å². The number of alkyl halides is 3. The van der Waals surface area contributed by atoms with Crippen molar-refractivity contribution in [2.24, 2.45) is 0 Å². The molecule has 0 aromatic carbocycles. The van der Waals surface area contributed by atoms with Gasteiger partial charge in [0.15, 0.2) is 0 Å². The molecule has 22 heavy (non-hydrogen) atoms. The predicted octanol–water partition coefficient (Wildman–Crippen LogP) is -0.553. The van der Waals surface area contributed by atoms with Crippen molar-refractivity contribution in [3.05, 3.63) is 16.8 Å². The van der Waals surface area contributed by atoms with Crippen LogP contribution in [0.1, 0.15) is 0 Å². The molecule has 2 rings (SSSR count). The monoisotopic (exact) mass is 358 g/mol. The standard InChI is InChI=1S/C8H9F3N6O3S2/c1-12-22(19,20)6-5-14-15-17(4-21-2-8(9,10)11)7(18)16(5)3-13-6/h3,12H,2,4H2,1H3. The minimum atomic E-state index is -4.37. The summed E-state index contributed by atoms with van der Waals surface area (Å²) in [5.41, 5.74) is -1.15. The molecule has 0 radical (unpaired) electrons. The summed E-state index contributed by atoms with van der Waals surface area (Å²) in [5, 5.41) is 6.46. The molecule has 9 nitrogen and oxygen atoms in total. The smallest absolute Gasteiger partial charge is 0.245 e. The van der Waals surface area contributed by atoms with Crippen molar-refractivity contribution in [2.45, 2.75) is 17.1 Å². The Bertz CT molecular complexity index is 843. The van der Waals surface area contributed by atoms with Crippen molar-refractivity contribution in [3.8, 4) is 0 Å². The van der Waals surface area contributed by atoms with Gasteiger partial charge in [-0.05, 0) is 7.05 Å². The van der Waals surface area contributed by atoms with Crippen molar-refractivity contribution >= 4 is 27.4 Å². The molecule has 0 aliphatic rings. The molecular weight excluding hydrogens is 349 g/mol. The van der Waals surface area contributed by atoms with E-state index in [1.165, 1.54) is 0 Å². The first-order valence-electron chi connectivity index (χ1n) is 5.54. The molecule has 0 amide bonds. The molecular formula is C8H9F3N6O3S2. The highest BCUT2D eigenvalue weighted by Gasteiger charge is 2.27. The van der Waals surface area contributed by atoms with Crippen molar-refractivity contribution in [1.82, 2.24) is 29.1 Å². The second kappa shape index (κ2) is 5.85. The van der Waals surface area contributed by atoms with E-state index in [9.17, 15) is 26.4 Å². The fourth-order valence-corrected chi connectivity index (χ4v) is 2.85. The van der Waals surface area contributed by atoms with E-state index in [1.807, 2.05) is 4.72 Å². The summed E-state index contributed by atoms with van der Waals surface area (Å²) in [7, 11) is -2.78. The van der Waals surface area contributed by atoms with Crippen LogP contribution in [0.4, 0.5) is 13.2 Å². The Morgan fingerprint density at radius 2 is 2.09 bits per heavy atom. The second-order valence-corrected chi connectivity index (χ2v) is 6.67. The zero-order valence-electron chi connectivity index (χ0n) is 10.9. The van der Waals surface area contributed by atoms with Crippen molar-refractivity contribution in [1.29, 1.82) is 0 Å². The zero-order chi connectivity index (χ0) is 16.5. The summed E-state index contributed by atoms with van der Waals surface area (Å²) in [6, 6.07) is 0. The summed E-state index contributed by atoms with van der Waals surface area (Å²) in [6.07, 6.45) is -3.45. The van der Waals surface area contributed by atoms with Gasteiger partial charge in [0.1, 0.15) is 6.33 Å². The van der Waals surface area contributed by atoms with Gasteiger partial charge in [0.2, 0.25) is 10.7 Å². The third-order valence-corrected chi connectivity index (χ3v) is 4.68. The van der Waals surface area contributed by atoms with Crippen molar-refractivity contribution in [3.63, 3.8) is 0 Å². The Kier molecular flexibility index (Phi) is 4.44. The molecule has 0 aliphatic heterocycles. The first-order valence-corrected chi connectivity index (χ1v) is 8.18.